The number of amides is 1. The fourth-order valence-electron chi connectivity index (χ4n) is 2.19. The molecule has 0 aliphatic carbocycles. The highest BCUT2D eigenvalue weighted by molar-refractivity contribution is 7.89. The minimum absolute atomic E-state index is 0.0590. The number of nitrogens with two attached hydrogens (primary N) is 1. The molecule has 0 spiro atoms. The van der Waals surface area contributed by atoms with E-state index in [2.05, 4.69) is 5.32 Å². The second-order valence-corrected chi connectivity index (χ2v) is 7.46. The number of carbonyl (C=O) groups excluding carboxylic acids is 1. The molecule has 2 aromatic rings. The number of hydrogen-bond donors (Lipinski definition) is 2. The van der Waals surface area contributed by atoms with E-state index in [0.29, 0.717) is 17.0 Å². The number of nitrogens with one attached hydrogen (secondary N) is 1. The van der Waals surface area contributed by atoms with Gasteiger partial charge in [-0.15, -0.1) is 0 Å². The Kier molecular flexibility index (Phi) is 6.34. The minimum atomic E-state index is -3.81. The van der Waals surface area contributed by atoms with Gasteiger partial charge in [0.15, 0.2) is 0 Å². The van der Waals surface area contributed by atoms with E-state index in [0.717, 1.165) is 0 Å². The van der Waals surface area contributed by atoms with Crippen LogP contribution in [-0.2, 0) is 14.8 Å². The van der Waals surface area contributed by atoms with Gasteiger partial charge >= 0.3 is 0 Å². The number of nitriles is 1. The SMILES string of the molecule is CC(C)Oc1ccccc1/C=C(\C#N)C(=O)Nc1ccc(S(N)(=O)=O)cc1. The summed E-state index contributed by atoms with van der Waals surface area (Å²) in [6.07, 6.45) is 1.38. The van der Waals surface area contributed by atoms with Crippen LogP contribution in [0.1, 0.15) is 19.4 Å². The quantitative estimate of drug-likeness (QED) is 0.585. The highest BCUT2D eigenvalue weighted by Gasteiger charge is 2.13. The zero-order valence-corrected chi connectivity index (χ0v) is 15.7. The van der Waals surface area contributed by atoms with Crippen molar-refractivity contribution in [1.82, 2.24) is 0 Å². The third-order valence-electron chi connectivity index (χ3n) is 3.39. The third-order valence-corrected chi connectivity index (χ3v) is 4.32. The van der Waals surface area contributed by atoms with Crippen molar-refractivity contribution >= 4 is 27.7 Å². The average Bonchev–Trinajstić information content (AvgIpc) is 2.60. The number of anilines is 1. The summed E-state index contributed by atoms with van der Waals surface area (Å²) in [7, 11) is -3.81. The van der Waals surface area contributed by atoms with E-state index in [9.17, 15) is 18.5 Å². The van der Waals surface area contributed by atoms with Gasteiger partial charge in [0.1, 0.15) is 17.4 Å². The lowest BCUT2D eigenvalue weighted by Crippen LogP contribution is -2.15. The normalized spacial score (nSPS) is 11.7. The summed E-state index contributed by atoms with van der Waals surface area (Å²) < 4.78 is 28.2. The molecule has 0 aliphatic rings. The van der Waals surface area contributed by atoms with Crippen molar-refractivity contribution in [3.05, 3.63) is 59.7 Å². The maximum absolute atomic E-state index is 12.4. The zero-order valence-electron chi connectivity index (χ0n) is 14.8. The van der Waals surface area contributed by atoms with E-state index in [4.69, 9.17) is 9.88 Å². The van der Waals surface area contributed by atoms with Crippen LogP contribution >= 0.6 is 0 Å². The maximum atomic E-state index is 12.4. The first-order valence-corrected chi connectivity index (χ1v) is 9.57. The molecule has 27 heavy (non-hydrogen) atoms. The molecule has 0 heterocycles. The summed E-state index contributed by atoms with van der Waals surface area (Å²) in [6.45, 7) is 3.76. The van der Waals surface area contributed by atoms with Gasteiger partial charge in [0.2, 0.25) is 10.0 Å². The monoisotopic (exact) mass is 385 g/mol. The summed E-state index contributed by atoms with van der Waals surface area (Å²) in [5.41, 5.74) is 0.813. The highest BCUT2D eigenvalue weighted by atomic mass is 32.2. The van der Waals surface area contributed by atoms with Crippen LogP contribution in [0.4, 0.5) is 5.69 Å². The van der Waals surface area contributed by atoms with Crippen LogP contribution < -0.4 is 15.2 Å². The Morgan fingerprint density at radius 3 is 2.37 bits per heavy atom. The largest absolute Gasteiger partial charge is 0.490 e. The number of benzene rings is 2. The van der Waals surface area contributed by atoms with Crippen molar-refractivity contribution in [2.45, 2.75) is 24.8 Å². The van der Waals surface area contributed by atoms with E-state index >= 15 is 0 Å². The average molecular weight is 385 g/mol. The van der Waals surface area contributed by atoms with Gasteiger partial charge < -0.3 is 10.1 Å². The third kappa shape index (κ3) is 5.67. The summed E-state index contributed by atoms with van der Waals surface area (Å²) in [5, 5.41) is 16.9. The Hall–Kier alpha value is -3.15. The van der Waals surface area contributed by atoms with Crippen LogP contribution in [0.5, 0.6) is 5.75 Å². The predicted octanol–water partition coefficient (Wildman–Crippen LogP) is 2.67. The predicted molar refractivity (Wildman–Crippen MR) is 102 cm³/mol. The summed E-state index contributed by atoms with van der Waals surface area (Å²) >= 11 is 0. The van der Waals surface area contributed by atoms with Gasteiger partial charge in [-0.05, 0) is 50.3 Å². The number of para-hydroxylation sites is 1. The number of carbonyl (C=O) groups is 1. The van der Waals surface area contributed by atoms with E-state index in [1.807, 2.05) is 19.9 Å². The lowest BCUT2D eigenvalue weighted by Gasteiger charge is -2.12. The molecule has 0 unspecified atom stereocenters. The minimum Gasteiger partial charge on any atom is -0.490 e. The lowest BCUT2D eigenvalue weighted by molar-refractivity contribution is -0.112. The van der Waals surface area contributed by atoms with Crippen molar-refractivity contribution in [3.63, 3.8) is 0 Å². The molecule has 0 aliphatic heterocycles. The molecule has 0 fully saturated rings. The summed E-state index contributed by atoms with van der Waals surface area (Å²) in [4.78, 5) is 12.3. The maximum Gasteiger partial charge on any atom is 0.266 e. The molecular weight excluding hydrogens is 366 g/mol. The molecule has 0 saturated carbocycles. The molecule has 2 rings (SSSR count). The van der Waals surface area contributed by atoms with Crippen LogP contribution in [0.3, 0.4) is 0 Å². The van der Waals surface area contributed by atoms with Crippen LogP contribution in [-0.4, -0.2) is 20.4 Å². The van der Waals surface area contributed by atoms with Crippen molar-refractivity contribution in [3.8, 4) is 11.8 Å². The molecular formula is C19H19N3O4S. The molecule has 0 saturated heterocycles. The Bertz CT molecular complexity index is 1000. The van der Waals surface area contributed by atoms with Gasteiger partial charge in [-0.3, -0.25) is 4.79 Å². The Morgan fingerprint density at radius 1 is 1.19 bits per heavy atom. The van der Waals surface area contributed by atoms with Crippen molar-refractivity contribution < 1.29 is 17.9 Å². The number of rotatable bonds is 6. The first-order valence-electron chi connectivity index (χ1n) is 8.02. The zero-order chi connectivity index (χ0) is 20.0. The van der Waals surface area contributed by atoms with Gasteiger partial charge in [-0.25, -0.2) is 13.6 Å². The molecule has 8 heteroatoms. The molecule has 0 radical (unpaired) electrons. The van der Waals surface area contributed by atoms with E-state index in [-0.39, 0.29) is 16.6 Å². The molecule has 2 aromatic carbocycles. The number of sulfonamides is 1. The highest BCUT2D eigenvalue weighted by Crippen LogP contribution is 2.22. The van der Waals surface area contributed by atoms with Crippen LogP contribution in [0, 0.1) is 11.3 Å². The fourth-order valence-corrected chi connectivity index (χ4v) is 2.71. The van der Waals surface area contributed by atoms with E-state index < -0.39 is 15.9 Å². The van der Waals surface area contributed by atoms with E-state index in [1.165, 1.54) is 30.3 Å². The van der Waals surface area contributed by atoms with Crippen molar-refractivity contribution in [1.29, 1.82) is 5.26 Å². The fraction of sp³-hybridized carbons (Fsp3) is 0.158. The van der Waals surface area contributed by atoms with Crippen LogP contribution in [0.15, 0.2) is 59.0 Å². The molecule has 0 aromatic heterocycles. The van der Waals surface area contributed by atoms with Gasteiger partial charge in [0, 0.05) is 11.3 Å². The lowest BCUT2D eigenvalue weighted by atomic mass is 10.1. The Labute approximate surface area is 158 Å². The van der Waals surface area contributed by atoms with Crippen molar-refractivity contribution in [2.24, 2.45) is 5.14 Å². The molecule has 1 amide bonds. The molecule has 140 valence electrons. The summed E-state index contributed by atoms with van der Waals surface area (Å²) in [5.74, 6) is -0.0641. The summed E-state index contributed by atoms with van der Waals surface area (Å²) in [6, 6.07) is 14.3. The van der Waals surface area contributed by atoms with Gasteiger partial charge in [-0.1, -0.05) is 18.2 Å². The number of hydrogen-bond acceptors (Lipinski definition) is 5. The van der Waals surface area contributed by atoms with E-state index in [1.54, 1.807) is 24.3 Å². The number of ether oxygens (including phenoxy) is 1. The van der Waals surface area contributed by atoms with Gasteiger partial charge in [0.25, 0.3) is 5.91 Å². The standard InChI is InChI=1S/C19H19N3O4S/c1-13(2)26-18-6-4-3-5-14(18)11-15(12-20)19(23)22-16-7-9-17(10-8-16)27(21,24)25/h3-11,13H,1-2H3,(H,22,23)(H2,21,24,25)/b15-11+. The molecule has 3 N–H and O–H groups in total. The first-order chi connectivity index (χ1) is 12.7. The molecule has 0 atom stereocenters. The smallest absolute Gasteiger partial charge is 0.266 e. The van der Waals surface area contributed by atoms with Crippen LogP contribution in [0.25, 0.3) is 6.08 Å². The number of primary sulfonamides is 1. The topological polar surface area (TPSA) is 122 Å². The molecule has 0 bridgehead atoms. The first kappa shape index (κ1) is 20.2. The van der Waals surface area contributed by atoms with Crippen LogP contribution in [0.2, 0.25) is 0 Å². The van der Waals surface area contributed by atoms with Gasteiger partial charge in [0.05, 0.1) is 11.0 Å². The second kappa shape index (κ2) is 8.49. The Morgan fingerprint density at radius 2 is 1.81 bits per heavy atom. The Balaban J connectivity index is 2.24. The number of nitrogens with zero attached hydrogens (tertiary/aromatic N) is 1. The van der Waals surface area contributed by atoms with Gasteiger partial charge in [-0.2, -0.15) is 5.26 Å². The second-order valence-electron chi connectivity index (χ2n) is 5.90. The van der Waals surface area contributed by atoms with Crippen molar-refractivity contribution in [2.75, 3.05) is 5.32 Å². The molecule has 7 nitrogen and oxygen atoms in total.